The number of para-hydroxylation sites is 1. The predicted molar refractivity (Wildman–Crippen MR) is 99.4 cm³/mol. The number of esters is 1. The summed E-state index contributed by atoms with van der Waals surface area (Å²) in [7, 11) is 2.98. The van der Waals surface area contributed by atoms with Crippen LogP contribution in [0.2, 0.25) is 0 Å². The maximum absolute atomic E-state index is 13.1. The topological polar surface area (TPSA) is 77.6 Å². The number of amides is 1. The lowest BCUT2D eigenvalue weighted by atomic mass is 10.1. The SMILES string of the molecule is COC(=O)C(C)CN(C)C(=O)c1cc(-c2ccco2)nn1-c1ccccc1. The van der Waals surface area contributed by atoms with Crippen LogP contribution in [0.15, 0.2) is 59.2 Å². The van der Waals surface area contributed by atoms with Crippen molar-refractivity contribution in [1.29, 1.82) is 0 Å². The summed E-state index contributed by atoms with van der Waals surface area (Å²) in [6, 6.07) is 14.6. The molecule has 0 N–H and O–H groups in total. The molecular weight excluding hydrogens is 346 g/mol. The second-order valence-corrected chi connectivity index (χ2v) is 6.25. The molecule has 0 saturated carbocycles. The molecule has 0 fully saturated rings. The van der Waals surface area contributed by atoms with E-state index in [9.17, 15) is 9.59 Å². The van der Waals surface area contributed by atoms with Gasteiger partial charge in [0.2, 0.25) is 0 Å². The average molecular weight is 367 g/mol. The Labute approximate surface area is 157 Å². The molecule has 0 bridgehead atoms. The van der Waals surface area contributed by atoms with Crippen LogP contribution in [-0.2, 0) is 9.53 Å². The summed E-state index contributed by atoms with van der Waals surface area (Å²) in [5.41, 5.74) is 1.70. The molecule has 2 aromatic heterocycles. The Morgan fingerprint density at radius 1 is 1.22 bits per heavy atom. The molecule has 0 aliphatic carbocycles. The van der Waals surface area contributed by atoms with E-state index in [1.54, 1.807) is 43.1 Å². The first-order chi connectivity index (χ1) is 13.0. The Kier molecular flexibility index (Phi) is 5.40. The fourth-order valence-corrected chi connectivity index (χ4v) is 2.81. The normalized spacial score (nSPS) is 11.8. The number of ether oxygens (including phenoxy) is 1. The van der Waals surface area contributed by atoms with E-state index in [2.05, 4.69) is 5.10 Å². The molecule has 1 aromatic carbocycles. The van der Waals surface area contributed by atoms with Crippen LogP contribution in [0.25, 0.3) is 17.1 Å². The van der Waals surface area contributed by atoms with E-state index in [1.165, 1.54) is 12.0 Å². The lowest BCUT2D eigenvalue weighted by molar-refractivity contribution is -0.145. The van der Waals surface area contributed by atoms with Crippen molar-refractivity contribution in [1.82, 2.24) is 14.7 Å². The molecule has 0 aliphatic heterocycles. The number of carbonyl (C=O) groups is 2. The highest BCUT2D eigenvalue weighted by atomic mass is 16.5. The van der Waals surface area contributed by atoms with Gasteiger partial charge in [0.25, 0.3) is 5.91 Å². The third-order valence-corrected chi connectivity index (χ3v) is 4.20. The minimum Gasteiger partial charge on any atom is -0.469 e. The maximum Gasteiger partial charge on any atom is 0.310 e. The van der Waals surface area contributed by atoms with Gasteiger partial charge in [-0.1, -0.05) is 25.1 Å². The van der Waals surface area contributed by atoms with Crippen molar-refractivity contribution < 1.29 is 18.7 Å². The van der Waals surface area contributed by atoms with Crippen molar-refractivity contribution in [3.63, 3.8) is 0 Å². The molecule has 3 aromatic rings. The summed E-state index contributed by atoms with van der Waals surface area (Å²) in [5.74, 6) is -0.465. The highest BCUT2D eigenvalue weighted by Crippen LogP contribution is 2.23. The van der Waals surface area contributed by atoms with Gasteiger partial charge in [-0.3, -0.25) is 9.59 Å². The van der Waals surface area contributed by atoms with E-state index in [4.69, 9.17) is 9.15 Å². The Bertz CT molecular complexity index is 916. The summed E-state index contributed by atoms with van der Waals surface area (Å²) >= 11 is 0. The molecule has 2 heterocycles. The van der Waals surface area contributed by atoms with E-state index in [-0.39, 0.29) is 18.4 Å². The largest absolute Gasteiger partial charge is 0.469 e. The molecule has 1 unspecified atom stereocenters. The highest BCUT2D eigenvalue weighted by Gasteiger charge is 2.24. The van der Waals surface area contributed by atoms with Gasteiger partial charge in [-0.2, -0.15) is 5.10 Å². The van der Waals surface area contributed by atoms with Gasteiger partial charge in [0.15, 0.2) is 5.76 Å². The third kappa shape index (κ3) is 3.92. The third-order valence-electron chi connectivity index (χ3n) is 4.20. The van der Waals surface area contributed by atoms with Gasteiger partial charge in [-0.15, -0.1) is 0 Å². The molecule has 7 heteroatoms. The smallest absolute Gasteiger partial charge is 0.310 e. The van der Waals surface area contributed by atoms with Gasteiger partial charge in [0, 0.05) is 19.7 Å². The molecule has 7 nitrogen and oxygen atoms in total. The second kappa shape index (κ2) is 7.90. The molecule has 1 amide bonds. The monoisotopic (exact) mass is 367 g/mol. The Morgan fingerprint density at radius 3 is 2.59 bits per heavy atom. The van der Waals surface area contributed by atoms with Crippen LogP contribution in [0.1, 0.15) is 17.4 Å². The standard InChI is InChI=1S/C20H21N3O4/c1-14(20(25)26-3)13-22(2)19(24)17-12-16(18-10-7-11-27-18)21-23(17)15-8-5-4-6-9-15/h4-12,14H,13H2,1-3H3. The minimum absolute atomic E-state index is 0.238. The number of methoxy groups -OCH3 is 1. The number of nitrogens with zero attached hydrogens (tertiary/aromatic N) is 3. The van der Waals surface area contributed by atoms with Crippen LogP contribution in [-0.4, -0.2) is 47.3 Å². The fourth-order valence-electron chi connectivity index (χ4n) is 2.81. The van der Waals surface area contributed by atoms with Crippen LogP contribution in [0.5, 0.6) is 0 Å². The van der Waals surface area contributed by atoms with Gasteiger partial charge >= 0.3 is 5.97 Å². The van der Waals surface area contributed by atoms with Crippen molar-refractivity contribution in [3.8, 4) is 17.1 Å². The summed E-state index contributed by atoms with van der Waals surface area (Å²) in [4.78, 5) is 26.2. The first kappa shape index (κ1) is 18.4. The molecule has 1 atom stereocenters. The maximum atomic E-state index is 13.1. The zero-order valence-electron chi connectivity index (χ0n) is 15.5. The highest BCUT2D eigenvalue weighted by molar-refractivity contribution is 5.94. The predicted octanol–water partition coefficient (Wildman–Crippen LogP) is 3.01. The van der Waals surface area contributed by atoms with E-state index in [0.717, 1.165) is 5.69 Å². The summed E-state index contributed by atoms with van der Waals surface area (Å²) in [5, 5.41) is 4.54. The Balaban J connectivity index is 1.95. The molecule has 27 heavy (non-hydrogen) atoms. The zero-order valence-corrected chi connectivity index (χ0v) is 15.5. The average Bonchev–Trinajstić information content (AvgIpc) is 3.36. The molecular formula is C20H21N3O4. The number of furan rings is 1. The van der Waals surface area contributed by atoms with Crippen LogP contribution in [0.4, 0.5) is 0 Å². The van der Waals surface area contributed by atoms with Crippen molar-refractivity contribution in [3.05, 3.63) is 60.5 Å². The van der Waals surface area contributed by atoms with Crippen LogP contribution < -0.4 is 0 Å². The number of rotatable bonds is 6. The van der Waals surface area contributed by atoms with Crippen molar-refractivity contribution >= 4 is 11.9 Å². The fraction of sp³-hybridized carbons (Fsp3) is 0.250. The zero-order chi connectivity index (χ0) is 19.4. The van der Waals surface area contributed by atoms with Crippen molar-refractivity contribution in [2.24, 2.45) is 5.92 Å². The van der Waals surface area contributed by atoms with Crippen molar-refractivity contribution in [2.75, 3.05) is 20.7 Å². The van der Waals surface area contributed by atoms with Gasteiger partial charge in [0.05, 0.1) is 25.0 Å². The van der Waals surface area contributed by atoms with E-state index in [1.807, 2.05) is 30.3 Å². The van der Waals surface area contributed by atoms with Crippen molar-refractivity contribution in [2.45, 2.75) is 6.92 Å². The summed E-state index contributed by atoms with van der Waals surface area (Å²) < 4.78 is 11.7. The number of benzene rings is 1. The van der Waals surface area contributed by atoms with Crippen LogP contribution in [0.3, 0.4) is 0 Å². The molecule has 140 valence electrons. The van der Waals surface area contributed by atoms with Gasteiger partial charge in [0.1, 0.15) is 11.4 Å². The molecule has 3 rings (SSSR count). The van der Waals surface area contributed by atoms with Gasteiger partial charge < -0.3 is 14.1 Å². The number of carbonyl (C=O) groups excluding carboxylic acids is 2. The van der Waals surface area contributed by atoms with E-state index in [0.29, 0.717) is 17.1 Å². The number of aromatic nitrogens is 2. The first-order valence-corrected chi connectivity index (χ1v) is 8.54. The minimum atomic E-state index is -0.429. The Morgan fingerprint density at radius 2 is 1.96 bits per heavy atom. The van der Waals surface area contributed by atoms with Gasteiger partial charge in [-0.05, 0) is 24.3 Å². The van der Waals surface area contributed by atoms with Crippen LogP contribution in [0, 0.1) is 5.92 Å². The van der Waals surface area contributed by atoms with E-state index >= 15 is 0 Å². The number of hydrogen-bond donors (Lipinski definition) is 0. The molecule has 0 aliphatic rings. The van der Waals surface area contributed by atoms with E-state index < -0.39 is 5.92 Å². The number of hydrogen-bond acceptors (Lipinski definition) is 5. The lowest BCUT2D eigenvalue weighted by Crippen LogP contribution is -2.35. The second-order valence-electron chi connectivity index (χ2n) is 6.25. The quantitative estimate of drug-likeness (QED) is 0.626. The first-order valence-electron chi connectivity index (χ1n) is 8.54. The molecule has 0 radical (unpaired) electrons. The van der Waals surface area contributed by atoms with Crippen LogP contribution >= 0.6 is 0 Å². The lowest BCUT2D eigenvalue weighted by Gasteiger charge is -2.20. The molecule has 0 spiro atoms. The Hall–Kier alpha value is -3.35. The molecule has 0 saturated heterocycles. The summed E-state index contributed by atoms with van der Waals surface area (Å²) in [6.07, 6.45) is 1.56. The van der Waals surface area contributed by atoms with Gasteiger partial charge in [-0.25, -0.2) is 4.68 Å². The summed E-state index contributed by atoms with van der Waals surface area (Å²) in [6.45, 7) is 1.96.